The third-order valence-electron chi connectivity index (χ3n) is 8.90. The summed E-state index contributed by atoms with van der Waals surface area (Å²) in [7, 11) is 0. The van der Waals surface area contributed by atoms with Crippen molar-refractivity contribution < 1.29 is 0 Å². The minimum atomic E-state index is -0.182. The smallest absolute Gasteiger partial charge is 0.0952 e. The van der Waals surface area contributed by atoms with Gasteiger partial charge < -0.3 is 5.32 Å². The molecule has 216 valence electrons. The SMILES string of the molecule is CC(C)c1cccc(C(C)C)c1NC(c1cccc(-c2cccc3ccccc23)n1)c1c2ccccc2cc2ccccc12. The van der Waals surface area contributed by atoms with Gasteiger partial charge in [-0.1, -0.05) is 143 Å². The second-order valence-corrected chi connectivity index (χ2v) is 12.4. The summed E-state index contributed by atoms with van der Waals surface area (Å²) in [5.41, 5.74) is 8.28. The molecule has 7 aromatic rings. The van der Waals surface area contributed by atoms with Crippen LogP contribution in [0.3, 0.4) is 0 Å². The van der Waals surface area contributed by atoms with E-state index in [0.717, 1.165) is 17.0 Å². The topological polar surface area (TPSA) is 24.9 Å². The summed E-state index contributed by atoms with van der Waals surface area (Å²) >= 11 is 0. The van der Waals surface area contributed by atoms with Crippen molar-refractivity contribution in [3.05, 3.63) is 156 Å². The fraction of sp³-hybridized carbons (Fsp3) is 0.167. The van der Waals surface area contributed by atoms with Crippen LogP contribution in [0.2, 0.25) is 0 Å². The van der Waals surface area contributed by atoms with Gasteiger partial charge in [0.2, 0.25) is 0 Å². The Bertz CT molecular complexity index is 2040. The molecular weight excluding hydrogens is 532 g/mol. The highest BCUT2D eigenvalue weighted by atomic mass is 15.0. The van der Waals surface area contributed by atoms with E-state index in [9.17, 15) is 0 Å². The second kappa shape index (κ2) is 11.6. The molecule has 0 aliphatic heterocycles. The normalized spacial score (nSPS) is 12.4. The Morgan fingerprint density at radius 3 is 1.66 bits per heavy atom. The van der Waals surface area contributed by atoms with Gasteiger partial charge in [0.25, 0.3) is 0 Å². The number of nitrogens with one attached hydrogen (secondary N) is 1. The van der Waals surface area contributed by atoms with E-state index in [4.69, 9.17) is 4.98 Å². The van der Waals surface area contributed by atoms with Crippen LogP contribution in [0.15, 0.2) is 133 Å². The molecule has 2 heteroatoms. The predicted molar refractivity (Wildman–Crippen MR) is 189 cm³/mol. The highest BCUT2D eigenvalue weighted by Gasteiger charge is 2.25. The van der Waals surface area contributed by atoms with Crippen molar-refractivity contribution in [2.75, 3.05) is 5.32 Å². The van der Waals surface area contributed by atoms with E-state index < -0.39 is 0 Å². The molecule has 7 rings (SSSR count). The fourth-order valence-electron chi connectivity index (χ4n) is 6.73. The molecule has 0 spiro atoms. The molecule has 1 unspecified atom stereocenters. The molecule has 0 aliphatic rings. The van der Waals surface area contributed by atoms with Gasteiger partial charge in [-0.2, -0.15) is 0 Å². The van der Waals surface area contributed by atoms with Gasteiger partial charge in [0, 0.05) is 11.3 Å². The highest BCUT2D eigenvalue weighted by molar-refractivity contribution is 6.03. The van der Waals surface area contributed by atoms with E-state index in [1.165, 1.54) is 54.7 Å². The number of hydrogen-bond acceptors (Lipinski definition) is 2. The van der Waals surface area contributed by atoms with Crippen molar-refractivity contribution in [2.24, 2.45) is 0 Å². The van der Waals surface area contributed by atoms with Crippen LogP contribution in [0, 0.1) is 0 Å². The van der Waals surface area contributed by atoms with Crippen LogP contribution in [0.5, 0.6) is 0 Å². The molecule has 1 heterocycles. The lowest BCUT2D eigenvalue weighted by Crippen LogP contribution is -2.18. The van der Waals surface area contributed by atoms with Crippen LogP contribution in [0.4, 0.5) is 5.69 Å². The number of pyridine rings is 1. The van der Waals surface area contributed by atoms with Gasteiger partial charge in [-0.3, -0.25) is 4.98 Å². The summed E-state index contributed by atoms with van der Waals surface area (Å²) in [6, 6.07) is 48.0. The largest absolute Gasteiger partial charge is 0.372 e. The lowest BCUT2D eigenvalue weighted by Gasteiger charge is -2.28. The Morgan fingerprint density at radius 1 is 0.500 bits per heavy atom. The van der Waals surface area contributed by atoms with Gasteiger partial charge in [-0.05, 0) is 79.0 Å². The zero-order valence-electron chi connectivity index (χ0n) is 25.9. The number of benzene rings is 6. The van der Waals surface area contributed by atoms with Crippen LogP contribution in [-0.4, -0.2) is 4.98 Å². The fourth-order valence-corrected chi connectivity index (χ4v) is 6.73. The number of rotatable bonds is 7. The maximum atomic E-state index is 5.47. The molecule has 2 nitrogen and oxygen atoms in total. The first kappa shape index (κ1) is 27.9. The molecule has 6 aromatic carbocycles. The summed E-state index contributed by atoms with van der Waals surface area (Å²) < 4.78 is 0. The third kappa shape index (κ3) is 5.01. The molecule has 0 radical (unpaired) electrons. The Balaban J connectivity index is 1.52. The molecule has 1 N–H and O–H groups in total. The van der Waals surface area contributed by atoms with Crippen molar-refractivity contribution in [3.8, 4) is 11.3 Å². The van der Waals surface area contributed by atoms with Gasteiger partial charge >= 0.3 is 0 Å². The van der Waals surface area contributed by atoms with Gasteiger partial charge in [0.15, 0.2) is 0 Å². The lowest BCUT2D eigenvalue weighted by atomic mass is 9.88. The van der Waals surface area contributed by atoms with Gasteiger partial charge in [0.1, 0.15) is 0 Å². The van der Waals surface area contributed by atoms with E-state index >= 15 is 0 Å². The van der Waals surface area contributed by atoms with E-state index in [1.807, 2.05) is 0 Å². The van der Waals surface area contributed by atoms with Gasteiger partial charge in [-0.25, -0.2) is 0 Å². The van der Waals surface area contributed by atoms with E-state index in [2.05, 4.69) is 166 Å². The predicted octanol–water partition coefficient (Wildman–Crippen LogP) is 11.7. The second-order valence-electron chi connectivity index (χ2n) is 12.4. The van der Waals surface area contributed by atoms with E-state index in [0.29, 0.717) is 11.8 Å². The van der Waals surface area contributed by atoms with E-state index in [-0.39, 0.29) is 6.04 Å². The minimum Gasteiger partial charge on any atom is -0.372 e. The maximum Gasteiger partial charge on any atom is 0.0952 e. The maximum absolute atomic E-state index is 5.47. The van der Waals surface area contributed by atoms with E-state index in [1.54, 1.807) is 0 Å². The molecule has 0 saturated carbocycles. The lowest BCUT2D eigenvalue weighted by molar-refractivity contribution is 0.817. The molecule has 0 fully saturated rings. The summed E-state index contributed by atoms with van der Waals surface area (Å²) in [4.78, 5) is 5.47. The monoisotopic (exact) mass is 570 g/mol. The molecule has 0 amide bonds. The average molecular weight is 571 g/mol. The number of nitrogens with zero attached hydrogens (tertiary/aromatic N) is 1. The van der Waals surface area contributed by atoms with Crippen LogP contribution >= 0.6 is 0 Å². The third-order valence-corrected chi connectivity index (χ3v) is 8.90. The summed E-state index contributed by atoms with van der Waals surface area (Å²) in [6.45, 7) is 9.14. The van der Waals surface area contributed by atoms with Crippen molar-refractivity contribution in [3.63, 3.8) is 0 Å². The van der Waals surface area contributed by atoms with Crippen molar-refractivity contribution >= 4 is 38.0 Å². The minimum absolute atomic E-state index is 0.182. The molecule has 44 heavy (non-hydrogen) atoms. The first-order chi connectivity index (χ1) is 21.5. The van der Waals surface area contributed by atoms with Crippen molar-refractivity contribution in [1.29, 1.82) is 0 Å². The average Bonchev–Trinajstić information content (AvgIpc) is 3.06. The quantitative estimate of drug-likeness (QED) is 0.193. The van der Waals surface area contributed by atoms with Crippen LogP contribution in [0.25, 0.3) is 43.6 Å². The first-order valence-corrected chi connectivity index (χ1v) is 15.7. The molecule has 1 atom stereocenters. The van der Waals surface area contributed by atoms with Crippen molar-refractivity contribution in [1.82, 2.24) is 4.98 Å². The Labute approximate surface area is 260 Å². The van der Waals surface area contributed by atoms with Gasteiger partial charge in [0.05, 0.1) is 17.4 Å². The highest BCUT2D eigenvalue weighted by Crippen LogP contribution is 2.41. The molecule has 0 aliphatic carbocycles. The zero-order chi connectivity index (χ0) is 30.2. The standard InChI is InChI=1S/C42H38N2/c1-27(2)32-21-12-22-33(28(3)4)41(32)44-42(40-35-19-9-6-15-30(35)26-31-16-7-10-20-36(31)40)39-25-13-24-38(43-39)37-23-11-17-29-14-5-8-18-34(29)37/h5-28,42,44H,1-4H3. The summed E-state index contributed by atoms with van der Waals surface area (Å²) in [5, 5.41) is 11.5. The molecular formula is C42H38N2. The number of hydrogen-bond donors (Lipinski definition) is 1. The number of para-hydroxylation sites is 1. The van der Waals surface area contributed by atoms with Crippen molar-refractivity contribution in [2.45, 2.75) is 45.6 Å². The number of fused-ring (bicyclic) bond motifs is 3. The number of aromatic nitrogens is 1. The molecule has 1 aromatic heterocycles. The summed E-state index contributed by atoms with van der Waals surface area (Å²) in [5.74, 6) is 0.743. The van der Waals surface area contributed by atoms with Crippen LogP contribution in [0.1, 0.15) is 68.0 Å². The van der Waals surface area contributed by atoms with Crippen LogP contribution < -0.4 is 5.32 Å². The summed E-state index contributed by atoms with van der Waals surface area (Å²) in [6.07, 6.45) is 0. The Kier molecular flexibility index (Phi) is 7.36. The number of anilines is 1. The Hall–Kier alpha value is -4.95. The van der Waals surface area contributed by atoms with Crippen LogP contribution in [-0.2, 0) is 0 Å². The molecule has 0 bridgehead atoms. The zero-order valence-corrected chi connectivity index (χ0v) is 25.9. The molecule has 0 saturated heterocycles. The van der Waals surface area contributed by atoms with Gasteiger partial charge in [-0.15, -0.1) is 0 Å². The Morgan fingerprint density at radius 2 is 1.02 bits per heavy atom. The first-order valence-electron chi connectivity index (χ1n) is 15.7.